The second-order valence-corrected chi connectivity index (χ2v) is 14.5. The second kappa shape index (κ2) is 10.0. The van der Waals surface area contributed by atoms with Gasteiger partial charge in [-0.2, -0.15) is 4.31 Å². The Morgan fingerprint density at radius 3 is 2.35 bits per heavy atom. The number of nitrogens with zero attached hydrogens (tertiary/aromatic N) is 3. The number of carbonyl (C=O) groups excluding carboxylic acids is 1. The normalized spacial score (nSPS) is 22.2. The third-order valence-corrected chi connectivity index (χ3v) is 10.9. The SMILES string of the molecule is CC1SC(c2ccc(C(C)(C)C)cc2)N(CC2CCN(S(=O)(=O)c3cccc4cccnc34)CC2)C1=O. The molecule has 37 heavy (non-hydrogen) atoms. The monoisotopic (exact) mass is 537 g/mol. The molecule has 2 saturated heterocycles. The first-order valence-electron chi connectivity index (χ1n) is 13.0. The maximum atomic E-state index is 13.5. The number of amides is 1. The number of sulfonamides is 1. The van der Waals surface area contributed by atoms with Crippen molar-refractivity contribution in [1.29, 1.82) is 0 Å². The largest absolute Gasteiger partial charge is 0.325 e. The highest BCUT2D eigenvalue weighted by Crippen LogP contribution is 2.44. The zero-order valence-electron chi connectivity index (χ0n) is 21.9. The number of piperidine rings is 1. The molecule has 3 aromatic rings. The van der Waals surface area contributed by atoms with Crippen molar-refractivity contribution in [3.63, 3.8) is 0 Å². The molecule has 1 aromatic heterocycles. The van der Waals surface area contributed by atoms with Crippen LogP contribution in [-0.4, -0.2) is 53.4 Å². The lowest BCUT2D eigenvalue weighted by Gasteiger charge is -2.35. The minimum absolute atomic E-state index is 0.0000353. The fourth-order valence-corrected chi connectivity index (χ4v) is 8.22. The Morgan fingerprint density at radius 2 is 1.68 bits per heavy atom. The van der Waals surface area contributed by atoms with Gasteiger partial charge in [-0.15, -0.1) is 11.8 Å². The van der Waals surface area contributed by atoms with E-state index in [4.69, 9.17) is 0 Å². The summed E-state index contributed by atoms with van der Waals surface area (Å²) in [7, 11) is -3.64. The van der Waals surface area contributed by atoms with Crippen LogP contribution in [-0.2, 0) is 20.2 Å². The summed E-state index contributed by atoms with van der Waals surface area (Å²) >= 11 is 1.70. The Labute approximate surface area is 224 Å². The van der Waals surface area contributed by atoms with E-state index in [1.807, 2.05) is 30.0 Å². The Kier molecular flexibility index (Phi) is 7.11. The van der Waals surface area contributed by atoms with Gasteiger partial charge in [0.15, 0.2) is 0 Å². The van der Waals surface area contributed by atoms with Gasteiger partial charge in [-0.3, -0.25) is 9.78 Å². The summed E-state index contributed by atoms with van der Waals surface area (Å²) in [6.07, 6.45) is 3.10. The van der Waals surface area contributed by atoms with Gasteiger partial charge < -0.3 is 4.90 Å². The van der Waals surface area contributed by atoms with Gasteiger partial charge in [-0.1, -0.05) is 63.2 Å². The molecule has 0 N–H and O–H groups in total. The van der Waals surface area contributed by atoms with Crippen LogP contribution in [0, 0.1) is 5.92 Å². The predicted molar refractivity (Wildman–Crippen MR) is 150 cm³/mol. The number of carbonyl (C=O) groups is 1. The van der Waals surface area contributed by atoms with E-state index in [0.717, 1.165) is 23.8 Å². The van der Waals surface area contributed by atoms with Gasteiger partial charge in [0.05, 0.1) is 10.8 Å². The van der Waals surface area contributed by atoms with Crippen molar-refractivity contribution in [2.24, 2.45) is 5.92 Å². The molecule has 3 heterocycles. The Balaban J connectivity index is 1.28. The highest BCUT2D eigenvalue weighted by molar-refractivity contribution is 8.01. The number of para-hydroxylation sites is 1. The zero-order valence-corrected chi connectivity index (χ0v) is 23.6. The van der Waals surface area contributed by atoms with E-state index < -0.39 is 10.0 Å². The molecule has 8 heteroatoms. The highest BCUT2D eigenvalue weighted by Gasteiger charge is 2.40. The van der Waals surface area contributed by atoms with Gasteiger partial charge in [0.2, 0.25) is 15.9 Å². The lowest BCUT2D eigenvalue weighted by molar-refractivity contribution is -0.130. The molecule has 0 radical (unpaired) electrons. The summed E-state index contributed by atoms with van der Waals surface area (Å²) in [4.78, 5) is 19.7. The number of hydrogen-bond donors (Lipinski definition) is 0. The topological polar surface area (TPSA) is 70.6 Å². The summed E-state index contributed by atoms with van der Waals surface area (Å²) < 4.78 is 28.6. The summed E-state index contributed by atoms with van der Waals surface area (Å²) in [6, 6.07) is 17.7. The molecule has 2 aliphatic rings. The number of hydrogen-bond acceptors (Lipinski definition) is 5. The number of rotatable bonds is 5. The van der Waals surface area contributed by atoms with Crippen molar-refractivity contribution in [2.75, 3.05) is 19.6 Å². The standard InChI is InChI=1S/C29H35N3O3S2/c1-20-27(33)32(28(36-20)23-10-12-24(13-11-23)29(2,3)4)19-21-14-17-31(18-15-21)37(34,35)25-9-5-7-22-8-6-16-30-26(22)25/h5-13,16,20-21,28H,14-15,17-19H2,1-4H3. The van der Waals surface area contributed by atoms with Gasteiger partial charge in [-0.25, -0.2) is 8.42 Å². The first-order valence-corrected chi connectivity index (χ1v) is 15.3. The van der Waals surface area contributed by atoms with E-state index in [9.17, 15) is 13.2 Å². The van der Waals surface area contributed by atoms with Gasteiger partial charge in [0, 0.05) is 31.2 Å². The van der Waals surface area contributed by atoms with Crippen LogP contribution in [0.2, 0.25) is 0 Å². The lowest BCUT2D eigenvalue weighted by Crippen LogP contribution is -2.42. The average Bonchev–Trinajstić information content (AvgIpc) is 3.16. The lowest BCUT2D eigenvalue weighted by atomic mass is 9.86. The van der Waals surface area contributed by atoms with E-state index >= 15 is 0 Å². The molecule has 2 fully saturated rings. The van der Waals surface area contributed by atoms with Crippen molar-refractivity contribution in [3.05, 3.63) is 71.9 Å². The van der Waals surface area contributed by atoms with Crippen molar-refractivity contribution in [2.45, 2.75) is 61.5 Å². The van der Waals surface area contributed by atoms with Crippen LogP contribution in [0.3, 0.4) is 0 Å². The Bertz CT molecular complexity index is 1390. The van der Waals surface area contributed by atoms with Crippen molar-refractivity contribution >= 4 is 38.6 Å². The molecule has 2 aromatic carbocycles. The maximum absolute atomic E-state index is 13.5. The minimum atomic E-state index is -3.64. The van der Waals surface area contributed by atoms with E-state index in [1.54, 1.807) is 34.4 Å². The number of benzene rings is 2. The zero-order chi connectivity index (χ0) is 26.4. The molecule has 2 atom stereocenters. The van der Waals surface area contributed by atoms with Crippen LogP contribution in [0.25, 0.3) is 10.9 Å². The smallest absolute Gasteiger partial charge is 0.245 e. The van der Waals surface area contributed by atoms with Crippen LogP contribution >= 0.6 is 11.8 Å². The molecule has 5 rings (SSSR count). The van der Waals surface area contributed by atoms with E-state index in [-0.39, 0.29) is 32.8 Å². The molecular formula is C29H35N3O3S2. The molecule has 1 amide bonds. The first-order chi connectivity index (χ1) is 17.6. The van der Waals surface area contributed by atoms with E-state index in [1.165, 1.54) is 5.56 Å². The van der Waals surface area contributed by atoms with E-state index in [0.29, 0.717) is 25.2 Å². The number of thioether (sulfide) groups is 1. The third-order valence-electron chi connectivity index (χ3n) is 7.55. The third kappa shape index (κ3) is 5.16. The molecule has 0 spiro atoms. The van der Waals surface area contributed by atoms with Crippen molar-refractivity contribution in [3.8, 4) is 0 Å². The van der Waals surface area contributed by atoms with Crippen molar-refractivity contribution in [1.82, 2.24) is 14.2 Å². The molecule has 0 bridgehead atoms. The Hall–Kier alpha value is -2.42. The van der Waals surface area contributed by atoms with Crippen LogP contribution < -0.4 is 0 Å². The van der Waals surface area contributed by atoms with E-state index in [2.05, 4.69) is 50.0 Å². The summed E-state index contributed by atoms with van der Waals surface area (Å²) in [6.45, 7) is 10.1. The average molecular weight is 538 g/mol. The predicted octanol–water partition coefficient (Wildman–Crippen LogP) is 5.60. The van der Waals surface area contributed by atoms with Gasteiger partial charge in [0.1, 0.15) is 10.3 Å². The summed E-state index contributed by atoms with van der Waals surface area (Å²) in [5.74, 6) is 0.440. The van der Waals surface area contributed by atoms with Crippen molar-refractivity contribution < 1.29 is 13.2 Å². The van der Waals surface area contributed by atoms with Gasteiger partial charge in [0.25, 0.3) is 0 Å². The molecule has 2 unspecified atom stereocenters. The van der Waals surface area contributed by atoms with Gasteiger partial charge in [-0.05, 0) is 54.4 Å². The van der Waals surface area contributed by atoms with Crippen LogP contribution in [0.15, 0.2) is 65.7 Å². The molecule has 0 saturated carbocycles. The van der Waals surface area contributed by atoms with Crippen LogP contribution in [0.4, 0.5) is 0 Å². The Morgan fingerprint density at radius 1 is 1.00 bits per heavy atom. The second-order valence-electron chi connectivity index (χ2n) is 11.2. The number of pyridine rings is 1. The molecule has 6 nitrogen and oxygen atoms in total. The number of aromatic nitrogens is 1. The number of fused-ring (bicyclic) bond motifs is 1. The first kappa shape index (κ1) is 26.2. The maximum Gasteiger partial charge on any atom is 0.245 e. The fraction of sp³-hybridized carbons (Fsp3) is 0.448. The highest BCUT2D eigenvalue weighted by atomic mass is 32.2. The molecule has 196 valence electrons. The summed E-state index contributed by atoms with van der Waals surface area (Å²) in [5, 5.41) is 0.742. The minimum Gasteiger partial charge on any atom is -0.325 e. The summed E-state index contributed by atoms with van der Waals surface area (Å²) in [5.41, 5.74) is 3.03. The van der Waals surface area contributed by atoms with Crippen LogP contribution in [0.5, 0.6) is 0 Å². The molecular weight excluding hydrogens is 502 g/mol. The van der Waals surface area contributed by atoms with Gasteiger partial charge >= 0.3 is 0 Å². The van der Waals surface area contributed by atoms with Crippen LogP contribution in [0.1, 0.15) is 57.0 Å². The molecule has 2 aliphatic heterocycles. The molecule has 0 aliphatic carbocycles. The quantitative estimate of drug-likeness (QED) is 0.424. The fourth-order valence-electron chi connectivity index (χ4n) is 5.30.